The summed E-state index contributed by atoms with van der Waals surface area (Å²) in [6, 6.07) is 6.23. The fourth-order valence-electron chi connectivity index (χ4n) is 2.80. The van der Waals surface area contributed by atoms with Gasteiger partial charge in [-0.05, 0) is 38.2 Å². The van der Waals surface area contributed by atoms with Crippen LogP contribution in [-0.2, 0) is 14.8 Å². The molecule has 10 nitrogen and oxygen atoms in total. The van der Waals surface area contributed by atoms with Gasteiger partial charge in [-0.2, -0.15) is 4.31 Å². The Morgan fingerprint density at radius 3 is 2.86 bits per heavy atom. The molecule has 0 saturated carbocycles. The third-order valence-electron chi connectivity index (χ3n) is 4.25. The van der Waals surface area contributed by atoms with Crippen LogP contribution < -0.4 is 11.0 Å². The summed E-state index contributed by atoms with van der Waals surface area (Å²) >= 11 is 1.06. The fourth-order valence-corrected chi connectivity index (χ4v) is 4.93. The van der Waals surface area contributed by atoms with E-state index < -0.39 is 15.7 Å². The third-order valence-corrected chi connectivity index (χ3v) is 7.02. The highest BCUT2D eigenvalue weighted by molar-refractivity contribution is 7.99. The number of hydrogen-bond donors (Lipinski definition) is 3. The molecule has 1 aromatic heterocycles. The number of sulfonamides is 1. The van der Waals surface area contributed by atoms with Gasteiger partial charge in [-0.25, -0.2) is 18.3 Å². The SMILES string of the molecule is CN1CCCN(S(=O)(=O)c2cccc(NC(=O)CSc3n[nH]c(=O)[nH]3)c2)CC1. The Kier molecular flexibility index (Phi) is 6.54. The van der Waals surface area contributed by atoms with Gasteiger partial charge in [0.15, 0.2) is 5.16 Å². The van der Waals surface area contributed by atoms with Crippen molar-refractivity contribution in [3.63, 3.8) is 0 Å². The molecule has 3 N–H and O–H groups in total. The van der Waals surface area contributed by atoms with Crippen LogP contribution >= 0.6 is 11.8 Å². The minimum atomic E-state index is -3.62. The monoisotopic (exact) mass is 426 g/mol. The van der Waals surface area contributed by atoms with Crippen molar-refractivity contribution in [1.82, 2.24) is 24.4 Å². The number of aromatic amines is 2. The van der Waals surface area contributed by atoms with Gasteiger partial charge in [0.25, 0.3) is 0 Å². The summed E-state index contributed by atoms with van der Waals surface area (Å²) < 4.78 is 27.4. The van der Waals surface area contributed by atoms with E-state index in [4.69, 9.17) is 0 Å². The quantitative estimate of drug-likeness (QED) is 0.561. The van der Waals surface area contributed by atoms with Gasteiger partial charge in [-0.1, -0.05) is 17.8 Å². The number of likely N-dealkylation sites (N-methyl/N-ethyl adjacent to an activating group) is 1. The average Bonchev–Trinajstić information content (AvgIpc) is 2.94. The van der Waals surface area contributed by atoms with Crippen molar-refractivity contribution in [2.75, 3.05) is 44.3 Å². The molecule has 1 amide bonds. The molecule has 1 aliphatic heterocycles. The molecule has 12 heteroatoms. The molecule has 28 heavy (non-hydrogen) atoms. The smallest absolute Gasteiger partial charge is 0.325 e. The first kappa shape index (κ1) is 20.6. The van der Waals surface area contributed by atoms with Crippen LogP contribution in [0.25, 0.3) is 0 Å². The zero-order chi connectivity index (χ0) is 20.1. The third kappa shape index (κ3) is 5.22. The van der Waals surface area contributed by atoms with E-state index in [9.17, 15) is 18.0 Å². The molecule has 0 atom stereocenters. The summed E-state index contributed by atoms with van der Waals surface area (Å²) in [5, 5.41) is 8.90. The van der Waals surface area contributed by atoms with E-state index in [2.05, 4.69) is 25.4 Å². The number of nitrogens with zero attached hydrogens (tertiary/aromatic N) is 3. The number of H-pyrrole nitrogens is 2. The first-order chi connectivity index (χ1) is 13.3. The molecule has 3 rings (SSSR count). The molecule has 0 bridgehead atoms. The number of benzene rings is 1. The molecule has 1 aliphatic rings. The predicted molar refractivity (Wildman–Crippen MR) is 106 cm³/mol. The van der Waals surface area contributed by atoms with Crippen LogP contribution in [-0.4, -0.2) is 77.7 Å². The van der Waals surface area contributed by atoms with Crippen LogP contribution in [0, 0.1) is 0 Å². The Balaban J connectivity index is 1.65. The van der Waals surface area contributed by atoms with E-state index >= 15 is 0 Å². The Bertz CT molecular complexity index is 987. The zero-order valence-corrected chi connectivity index (χ0v) is 17.0. The van der Waals surface area contributed by atoms with E-state index in [1.54, 1.807) is 12.1 Å². The van der Waals surface area contributed by atoms with Crippen molar-refractivity contribution in [1.29, 1.82) is 0 Å². The number of carbonyl (C=O) groups is 1. The standard InChI is InChI=1S/C16H22N6O4S2/c1-21-6-3-7-22(9-8-21)28(25,26)13-5-2-4-12(10-13)17-14(23)11-27-16-18-15(24)19-20-16/h2,4-5,10H,3,6-9,11H2,1H3,(H,17,23)(H2,18,19,20,24). The summed E-state index contributed by atoms with van der Waals surface area (Å²) in [7, 11) is -1.65. The Morgan fingerprint density at radius 2 is 2.11 bits per heavy atom. The largest absolute Gasteiger partial charge is 0.341 e. The maximum Gasteiger partial charge on any atom is 0.341 e. The summed E-state index contributed by atoms with van der Waals surface area (Å²) in [6.45, 7) is 2.46. The van der Waals surface area contributed by atoms with Crippen molar-refractivity contribution >= 4 is 33.4 Å². The molecule has 1 aromatic carbocycles. The number of nitrogens with one attached hydrogen (secondary N) is 3. The molecular weight excluding hydrogens is 404 g/mol. The summed E-state index contributed by atoms with van der Waals surface area (Å²) in [5.74, 6) is -0.309. The van der Waals surface area contributed by atoms with Gasteiger partial charge in [0, 0.05) is 25.3 Å². The summed E-state index contributed by atoms with van der Waals surface area (Å²) in [6.07, 6.45) is 0.776. The number of thioether (sulfide) groups is 1. The Hall–Kier alpha value is -2.15. The lowest BCUT2D eigenvalue weighted by atomic mass is 10.3. The topological polar surface area (TPSA) is 131 Å². The molecule has 0 aliphatic carbocycles. The number of rotatable bonds is 6. The Labute approximate surface area is 166 Å². The lowest BCUT2D eigenvalue weighted by Crippen LogP contribution is -2.34. The number of hydrogen-bond acceptors (Lipinski definition) is 7. The number of carbonyl (C=O) groups excluding carboxylic acids is 1. The highest BCUT2D eigenvalue weighted by Gasteiger charge is 2.26. The lowest BCUT2D eigenvalue weighted by molar-refractivity contribution is -0.113. The maximum absolute atomic E-state index is 12.9. The molecule has 0 radical (unpaired) electrons. The van der Waals surface area contributed by atoms with Crippen molar-refractivity contribution < 1.29 is 13.2 Å². The van der Waals surface area contributed by atoms with Crippen LogP contribution in [0.4, 0.5) is 5.69 Å². The Morgan fingerprint density at radius 1 is 1.29 bits per heavy atom. The van der Waals surface area contributed by atoms with Gasteiger partial charge in [0.05, 0.1) is 10.6 Å². The van der Waals surface area contributed by atoms with Crippen molar-refractivity contribution in [3.05, 3.63) is 34.7 Å². The minimum Gasteiger partial charge on any atom is -0.325 e. The van der Waals surface area contributed by atoms with Gasteiger partial charge in [-0.3, -0.25) is 9.78 Å². The van der Waals surface area contributed by atoms with Gasteiger partial charge in [0.1, 0.15) is 0 Å². The molecule has 152 valence electrons. The second kappa shape index (κ2) is 8.90. The molecule has 2 aromatic rings. The molecule has 0 spiro atoms. The van der Waals surface area contributed by atoms with E-state index in [1.807, 2.05) is 7.05 Å². The van der Waals surface area contributed by atoms with Crippen LogP contribution in [0.3, 0.4) is 0 Å². The van der Waals surface area contributed by atoms with Gasteiger partial charge >= 0.3 is 5.69 Å². The number of amides is 1. The average molecular weight is 427 g/mol. The molecule has 1 fully saturated rings. The molecule has 2 heterocycles. The van der Waals surface area contributed by atoms with Crippen molar-refractivity contribution in [2.45, 2.75) is 16.5 Å². The second-order valence-corrected chi connectivity index (χ2v) is 9.31. The van der Waals surface area contributed by atoms with Crippen molar-refractivity contribution in [3.8, 4) is 0 Å². The fraction of sp³-hybridized carbons (Fsp3) is 0.438. The predicted octanol–water partition coefficient (Wildman–Crippen LogP) is 0.155. The van der Waals surface area contributed by atoms with E-state index in [0.29, 0.717) is 30.5 Å². The van der Waals surface area contributed by atoms with Crippen LogP contribution in [0.1, 0.15) is 6.42 Å². The summed E-state index contributed by atoms with van der Waals surface area (Å²) in [4.78, 5) is 27.8. The lowest BCUT2D eigenvalue weighted by Gasteiger charge is -2.20. The highest BCUT2D eigenvalue weighted by atomic mass is 32.2. The molecule has 1 saturated heterocycles. The van der Waals surface area contributed by atoms with Crippen LogP contribution in [0.5, 0.6) is 0 Å². The zero-order valence-electron chi connectivity index (χ0n) is 15.3. The highest BCUT2D eigenvalue weighted by Crippen LogP contribution is 2.21. The summed E-state index contributed by atoms with van der Waals surface area (Å²) in [5.41, 5.74) is -0.0466. The van der Waals surface area contributed by atoms with Crippen LogP contribution in [0.2, 0.25) is 0 Å². The van der Waals surface area contributed by atoms with E-state index in [0.717, 1.165) is 24.7 Å². The van der Waals surface area contributed by atoms with E-state index in [1.165, 1.54) is 16.4 Å². The number of aromatic nitrogens is 3. The van der Waals surface area contributed by atoms with Crippen molar-refractivity contribution in [2.24, 2.45) is 0 Å². The van der Waals surface area contributed by atoms with E-state index in [-0.39, 0.29) is 16.6 Å². The maximum atomic E-state index is 12.9. The van der Waals surface area contributed by atoms with Gasteiger partial charge in [-0.15, -0.1) is 5.10 Å². The van der Waals surface area contributed by atoms with Gasteiger partial charge < -0.3 is 10.2 Å². The first-order valence-corrected chi connectivity index (χ1v) is 11.1. The van der Waals surface area contributed by atoms with Crippen LogP contribution in [0.15, 0.2) is 39.1 Å². The molecular formula is C16H22N6O4S2. The molecule has 0 unspecified atom stereocenters. The first-order valence-electron chi connectivity index (χ1n) is 8.71. The normalized spacial score (nSPS) is 16.6. The second-order valence-electron chi connectivity index (χ2n) is 6.41. The number of anilines is 1. The minimum absolute atomic E-state index is 0.0240. The van der Waals surface area contributed by atoms with Gasteiger partial charge in [0.2, 0.25) is 15.9 Å².